The Morgan fingerprint density at radius 2 is 0.784 bits per heavy atom. The second-order valence-corrected chi connectivity index (χ2v) is 18.1. The monoisotopic (exact) mass is 1060 g/mol. The Kier molecular flexibility index (Phi) is 24.2. The van der Waals surface area contributed by atoms with Crippen molar-refractivity contribution >= 4 is 29.4 Å². The van der Waals surface area contributed by atoms with Crippen LogP contribution in [0.25, 0.3) is 0 Å². The van der Waals surface area contributed by atoms with E-state index in [1.807, 2.05) is 0 Å². The third-order valence-corrected chi connectivity index (χ3v) is 12.0. The van der Waals surface area contributed by atoms with Crippen LogP contribution in [0.4, 0.5) is 73.6 Å². The number of anilines is 2. The van der Waals surface area contributed by atoms with Gasteiger partial charge in [-0.3, -0.25) is 15.6 Å². The minimum absolute atomic E-state index is 0.0647. The molecule has 0 heterocycles. The largest absolute Gasteiger partial charge is 0.416 e. The number of rotatable bonds is 27. The smallest absolute Gasteiger partial charge is 0.328 e. The molecule has 74 heavy (non-hydrogen) atoms. The molecular weight excluding hydrogens is 995 g/mol. The van der Waals surface area contributed by atoms with E-state index in [9.17, 15) is 62.3 Å². The van der Waals surface area contributed by atoms with Gasteiger partial charge in [-0.1, -0.05) is 164 Å². The molecular formula is C53H66F12N7O2+. The van der Waals surface area contributed by atoms with E-state index in [0.717, 1.165) is 32.1 Å². The van der Waals surface area contributed by atoms with Crippen LogP contribution in [-0.4, -0.2) is 37.7 Å². The first kappa shape index (κ1) is 60.4. The second-order valence-electron chi connectivity index (χ2n) is 18.1. The predicted octanol–water partition coefficient (Wildman–Crippen LogP) is 14.1. The number of hydrogen-bond donors (Lipinski definition) is 7. The molecule has 4 aromatic carbocycles. The summed E-state index contributed by atoms with van der Waals surface area (Å²) in [4.78, 5) is 29.8. The molecule has 0 aliphatic rings. The van der Waals surface area contributed by atoms with E-state index in [4.69, 9.17) is 0 Å². The Morgan fingerprint density at radius 3 is 1.15 bits per heavy atom. The summed E-state index contributed by atoms with van der Waals surface area (Å²) in [5.41, 5.74) is -7.08. The van der Waals surface area contributed by atoms with Crippen molar-refractivity contribution in [3.05, 3.63) is 130 Å². The zero-order valence-corrected chi connectivity index (χ0v) is 41.2. The minimum Gasteiger partial charge on any atom is -0.328 e. The Balaban J connectivity index is 1.49. The number of hydrogen-bond acceptors (Lipinski definition) is 2. The van der Waals surface area contributed by atoms with Crippen molar-refractivity contribution in [3.63, 3.8) is 0 Å². The fourth-order valence-electron chi connectivity index (χ4n) is 8.06. The lowest BCUT2D eigenvalue weighted by Crippen LogP contribution is -2.81. The number of unbranched alkanes of at least 4 members (excludes halogenated alkanes) is 15. The highest BCUT2D eigenvalue weighted by Crippen LogP contribution is 2.39. The average Bonchev–Trinajstić information content (AvgIpc) is 3.33. The van der Waals surface area contributed by atoms with E-state index < -0.39 is 82.5 Å². The summed E-state index contributed by atoms with van der Waals surface area (Å²) < 4.78 is 163. The molecule has 0 saturated heterocycles. The SMILES string of the molecule is CCCCCCCCCCCCCCCCCCNC(NC[C@@H](NC(=O)Nc1cc(C(F)(F)F)cc(C(F)(F)F)c1)c1ccccc1)=[NH+]C[C@@H](NC(=O)Nc1cc(C(F)(F)F)cc(C(F)(F)F)c1)c1ccccc1. The fraction of sp³-hybridized carbons (Fsp3) is 0.491. The zero-order chi connectivity index (χ0) is 54.2. The molecule has 0 fully saturated rings. The van der Waals surface area contributed by atoms with Gasteiger partial charge in [-0.2, -0.15) is 52.7 Å². The Hall–Kier alpha value is -6.15. The summed E-state index contributed by atoms with van der Waals surface area (Å²) in [5.74, 6) is 0.248. The maximum absolute atomic E-state index is 13.6. The number of benzene rings is 4. The topological polar surface area (TPSA) is 120 Å². The summed E-state index contributed by atoms with van der Waals surface area (Å²) in [6.45, 7) is 2.35. The maximum atomic E-state index is 13.6. The number of nitrogens with one attached hydrogen (secondary N) is 7. The molecule has 21 heteroatoms. The van der Waals surface area contributed by atoms with E-state index in [-0.39, 0.29) is 31.2 Å². The van der Waals surface area contributed by atoms with Gasteiger partial charge in [0.15, 0.2) is 0 Å². The summed E-state index contributed by atoms with van der Waals surface area (Å²) in [6, 6.07) is 13.6. The lowest BCUT2D eigenvalue weighted by atomic mass is 10.0. The molecule has 0 radical (unpaired) electrons. The molecule has 0 aliphatic heterocycles. The average molecular weight is 1060 g/mol. The number of urea groups is 2. The third kappa shape index (κ3) is 22.5. The van der Waals surface area contributed by atoms with Gasteiger partial charge in [0.1, 0.15) is 0 Å². The van der Waals surface area contributed by atoms with Gasteiger partial charge < -0.3 is 21.3 Å². The quantitative estimate of drug-likeness (QED) is 0.0139. The fourth-order valence-corrected chi connectivity index (χ4v) is 8.06. The van der Waals surface area contributed by atoms with Gasteiger partial charge in [0.05, 0.1) is 54.0 Å². The molecule has 4 rings (SSSR count). The summed E-state index contributed by atoms with van der Waals surface area (Å²) in [6.07, 6.45) is -2.04. The minimum atomic E-state index is -5.16. The number of carbonyl (C=O) groups is 2. The van der Waals surface area contributed by atoms with E-state index in [2.05, 4.69) is 43.8 Å². The van der Waals surface area contributed by atoms with Crippen LogP contribution >= 0.6 is 0 Å². The standard InChI is InChI=1S/C53H65F12N7O2/c1-2-3-4-5-6-7-8-9-10-11-12-13-14-15-16-23-28-66-47(67-35-45(37-24-19-17-20-25-37)71-48(73)69-43-31-39(50(54,55)56)29-40(32-43)51(57,58)59)68-36-46(38-26-21-18-22-27-38)72-49(74)70-44-33-41(52(60,61)62)30-42(34-44)53(63,64)65/h17-22,24-27,29-34,45-46H,2-16,23,28,35-36H2,1H3,(H2,66,67,68)(H2,69,71,73)(H2,70,72,74)/p+1/t45-,46-/m1/s1. The lowest BCUT2D eigenvalue weighted by Gasteiger charge is -2.21. The van der Waals surface area contributed by atoms with Crippen LogP contribution in [0.5, 0.6) is 0 Å². The number of amides is 4. The van der Waals surface area contributed by atoms with E-state index in [0.29, 0.717) is 48.4 Å². The molecule has 0 bridgehead atoms. The highest BCUT2D eigenvalue weighted by atomic mass is 19.4. The predicted molar refractivity (Wildman–Crippen MR) is 262 cm³/mol. The van der Waals surface area contributed by atoms with Gasteiger partial charge in [0.2, 0.25) is 0 Å². The summed E-state index contributed by atoms with van der Waals surface area (Å²) >= 11 is 0. The van der Waals surface area contributed by atoms with Gasteiger partial charge in [0.25, 0.3) is 0 Å². The van der Waals surface area contributed by atoms with Crippen molar-refractivity contribution in [1.82, 2.24) is 21.3 Å². The summed E-state index contributed by atoms with van der Waals surface area (Å²) in [7, 11) is 0. The van der Waals surface area contributed by atoms with Gasteiger partial charge in [-0.05, 0) is 53.9 Å². The molecule has 4 amide bonds. The molecule has 0 aliphatic carbocycles. The number of halogens is 12. The van der Waals surface area contributed by atoms with Crippen molar-refractivity contribution in [2.24, 2.45) is 0 Å². The highest BCUT2D eigenvalue weighted by Gasteiger charge is 2.38. The van der Waals surface area contributed by atoms with E-state index in [1.165, 1.54) is 64.2 Å². The molecule has 0 saturated carbocycles. The Morgan fingerprint density at radius 1 is 0.446 bits per heavy atom. The van der Waals surface area contributed by atoms with Gasteiger partial charge in [-0.25, -0.2) is 9.59 Å². The molecule has 2 atom stereocenters. The number of alkyl halides is 12. The molecule has 9 nitrogen and oxygen atoms in total. The first-order chi connectivity index (χ1) is 35.0. The molecule has 4 aromatic rings. The number of carbonyl (C=O) groups excluding carboxylic acids is 2. The molecule has 7 N–H and O–H groups in total. The van der Waals surface area contributed by atoms with E-state index in [1.54, 1.807) is 60.7 Å². The molecule has 408 valence electrons. The third-order valence-electron chi connectivity index (χ3n) is 12.0. The molecule has 0 spiro atoms. The van der Waals surface area contributed by atoms with Crippen molar-refractivity contribution in [1.29, 1.82) is 0 Å². The van der Waals surface area contributed by atoms with Crippen LogP contribution in [0.3, 0.4) is 0 Å². The van der Waals surface area contributed by atoms with Crippen LogP contribution in [-0.2, 0) is 24.7 Å². The van der Waals surface area contributed by atoms with Crippen LogP contribution < -0.4 is 36.9 Å². The van der Waals surface area contributed by atoms with Gasteiger partial charge >= 0.3 is 42.7 Å². The lowest BCUT2D eigenvalue weighted by molar-refractivity contribution is -0.466. The Bertz CT molecular complexity index is 2260. The maximum Gasteiger partial charge on any atom is 0.416 e. The summed E-state index contributed by atoms with van der Waals surface area (Å²) in [5, 5.41) is 15.8. The first-order valence-electron chi connectivity index (χ1n) is 25.0. The molecule has 0 aromatic heterocycles. The Labute approximate surface area is 424 Å². The number of guanidine groups is 1. The van der Waals surface area contributed by atoms with Crippen LogP contribution in [0, 0.1) is 0 Å². The van der Waals surface area contributed by atoms with E-state index >= 15 is 0 Å². The van der Waals surface area contributed by atoms with Crippen LogP contribution in [0.15, 0.2) is 97.1 Å². The van der Waals surface area contributed by atoms with Crippen molar-refractivity contribution in [2.45, 2.75) is 146 Å². The van der Waals surface area contributed by atoms with Crippen LogP contribution in [0.2, 0.25) is 0 Å². The first-order valence-corrected chi connectivity index (χ1v) is 25.0. The second kappa shape index (κ2) is 29.7. The van der Waals surface area contributed by atoms with Crippen molar-refractivity contribution in [3.8, 4) is 0 Å². The zero-order valence-electron chi connectivity index (χ0n) is 41.2. The van der Waals surface area contributed by atoms with Gasteiger partial charge in [0, 0.05) is 11.4 Å². The highest BCUT2D eigenvalue weighted by molar-refractivity contribution is 5.90. The van der Waals surface area contributed by atoms with Gasteiger partial charge in [-0.15, -0.1) is 0 Å². The normalized spacial score (nSPS) is 13.2. The van der Waals surface area contributed by atoms with Crippen molar-refractivity contribution < 1.29 is 67.3 Å². The van der Waals surface area contributed by atoms with Crippen LogP contribution in [0.1, 0.15) is 155 Å². The van der Waals surface area contributed by atoms with Crippen molar-refractivity contribution in [2.75, 3.05) is 30.3 Å². The molecule has 0 unspecified atom stereocenters.